The standard InChI is InChI=1S/C12H12N4O2/c13-12(14)15-9-7-8(11(17)18)3-4-10(9)16-5-1-2-6-16/h1-7H,(H,17,18)(H4,13,14,15). The van der Waals surface area contributed by atoms with Crippen molar-refractivity contribution in [3.8, 4) is 5.69 Å². The third-order valence-electron chi connectivity index (χ3n) is 2.35. The van der Waals surface area contributed by atoms with E-state index < -0.39 is 5.97 Å². The van der Waals surface area contributed by atoms with E-state index in [0.29, 0.717) is 11.4 Å². The smallest absolute Gasteiger partial charge is 0.335 e. The number of nitrogens with zero attached hydrogens (tertiary/aromatic N) is 2. The number of hydrogen-bond acceptors (Lipinski definition) is 2. The molecular formula is C12H12N4O2. The number of carboxylic acids is 1. The predicted molar refractivity (Wildman–Crippen MR) is 68.2 cm³/mol. The van der Waals surface area contributed by atoms with Crippen LogP contribution in [0, 0.1) is 0 Å². The Kier molecular flexibility index (Phi) is 3.01. The molecule has 0 fully saturated rings. The molecule has 1 aromatic heterocycles. The van der Waals surface area contributed by atoms with Crippen LogP contribution in [0.4, 0.5) is 5.69 Å². The molecule has 6 heteroatoms. The lowest BCUT2D eigenvalue weighted by Crippen LogP contribution is -2.22. The van der Waals surface area contributed by atoms with Gasteiger partial charge in [0.15, 0.2) is 5.96 Å². The van der Waals surface area contributed by atoms with E-state index in [-0.39, 0.29) is 11.5 Å². The van der Waals surface area contributed by atoms with Crippen LogP contribution in [-0.2, 0) is 0 Å². The molecule has 0 saturated carbocycles. The first-order chi connectivity index (χ1) is 8.58. The number of guanidine groups is 1. The fraction of sp³-hybridized carbons (Fsp3) is 0. The lowest BCUT2D eigenvalue weighted by atomic mass is 10.1. The van der Waals surface area contributed by atoms with Gasteiger partial charge in [0.1, 0.15) is 0 Å². The minimum Gasteiger partial charge on any atom is -0.478 e. The number of hydrogen-bond donors (Lipinski definition) is 3. The first-order valence-corrected chi connectivity index (χ1v) is 5.18. The minimum atomic E-state index is -1.03. The third kappa shape index (κ3) is 2.32. The topological polar surface area (TPSA) is 107 Å². The Balaban J connectivity index is 2.59. The first kappa shape index (κ1) is 11.7. The van der Waals surface area contributed by atoms with Crippen molar-refractivity contribution in [2.45, 2.75) is 0 Å². The van der Waals surface area contributed by atoms with Crippen molar-refractivity contribution in [2.24, 2.45) is 16.5 Å². The van der Waals surface area contributed by atoms with E-state index in [1.807, 2.05) is 24.5 Å². The van der Waals surface area contributed by atoms with E-state index in [4.69, 9.17) is 16.6 Å². The Labute approximate surface area is 103 Å². The molecule has 0 spiro atoms. The number of aliphatic imine (C=N–C) groups is 1. The molecule has 0 aliphatic rings. The summed E-state index contributed by atoms with van der Waals surface area (Å²) in [7, 11) is 0. The molecule has 1 aromatic carbocycles. The highest BCUT2D eigenvalue weighted by molar-refractivity contribution is 5.90. The van der Waals surface area contributed by atoms with Crippen LogP contribution in [0.3, 0.4) is 0 Å². The van der Waals surface area contributed by atoms with Crippen LogP contribution in [0.1, 0.15) is 10.4 Å². The zero-order valence-corrected chi connectivity index (χ0v) is 9.45. The van der Waals surface area contributed by atoms with Crippen LogP contribution in [0.2, 0.25) is 0 Å². The molecule has 0 aliphatic heterocycles. The first-order valence-electron chi connectivity index (χ1n) is 5.18. The van der Waals surface area contributed by atoms with E-state index in [9.17, 15) is 4.79 Å². The van der Waals surface area contributed by atoms with E-state index >= 15 is 0 Å². The van der Waals surface area contributed by atoms with Gasteiger partial charge in [-0.15, -0.1) is 0 Å². The molecule has 0 amide bonds. The Hall–Kier alpha value is -2.76. The van der Waals surface area contributed by atoms with Gasteiger partial charge < -0.3 is 21.1 Å². The van der Waals surface area contributed by atoms with E-state index in [0.717, 1.165) is 0 Å². The average molecular weight is 244 g/mol. The molecule has 0 unspecified atom stereocenters. The molecule has 5 N–H and O–H groups in total. The van der Waals surface area contributed by atoms with E-state index in [1.165, 1.54) is 12.1 Å². The van der Waals surface area contributed by atoms with Crippen molar-refractivity contribution in [1.29, 1.82) is 0 Å². The molecule has 1 heterocycles. The quantitative estimate of drug-likeness (QED) is 0.554. The summed E-state index contributed by atoms with van der Waals surface area (Å²) in [4.78, 5) is 14.9. The van der Waals surface area contributed by atoms with Crippen LogP contribution >= 0.6 is 0 Å². The summed E-state index contributed by atoms with van der Waals surface area (Å²) in [6.07, 6.45) is 3.64. The van der Waals surface area contributed by atoms with Crippen LogP contribution in [-0.4, -0.2) is 21.6 Å². The third-order valence-corrected chi connectivity index (χ3v) is 2.35. The zero-order chi connectivity index (χ0) is 13.1. The highest BCUT2D eigenvalue weighted by atomic mass is 16.4. The molecule has 6 nitrogen and oxygen atoms in total. The number of nitrogens with two attached hydrogens (primary N) is 2. The van der Waals surface area contributed by atoms with E-state index in [2.05, 4.69) is 4.99 Å². The largest absolute Gasteiger partial charge is 0.478 e. The van der Waals surface area contributed by atoms with Crippen molar-refractivity contribution < 1.29 is 9.90 Å². The summed E-state index contributed by atoms with van der Waals surface area (Å²) in [5.41, 5.74) is 11.9. The SMILES string of the molecule is NC(N)=Nc1cc(C(=O)O)ccc1-n1cccc1. The minimum absolute atomic E-state index is 0.119. The molecule has 0 bridgehead atoms. The maximum atomic E-state index is 10.9. The van der Waals surface area contributed by atoms with Gasteiger partial charge in [-0.25, -0.2) is 9.79 Å². The number of carbonyl (C=O) groups is 1. The zero-order valence-electron chi connectivity index (χ0n) is 9.45. The molecule has 0 aliphatic carbocycles. The molecule has 0 saturated heterocycles. The normalized spacial score (nSPS) is 10.0. The van der Waals surface area contributed by atoms with Crippen molar-refractivity contribution >= 4 is 17.6 Å². The van der Waals surface area contributed by atoms with Gasteiger partial charge in [-0.1, -0.05) is 0 Å². The van der Waals surface area contributed by atoms with Crippen molar-refractivity contribution in [3.63, 3.8) is 0 Å². The Bertz CT molecular complexity index is 599. The Morgan fingerprint density at radius 1 is 1.22 bits per heavy atom. The maximum Gasteiger partial charge on any atom is 0.335 e. The van der Waals surface area contributed by atoms with E-state index in [1.54, 1.807) is 10.6 Å². The number of carboxylic acid groups (broad SMARTS) is 1. The summed E-state index contributed by atoms with van der Waals surface area (Å²) in [5.74, 6) is -1.15. The molecule has 2 rings (SSSR count). The summed E-state index contributed by atoms with van der Waals surface area (Å²) in [6.45, 7) is 0. The van der Waals surface area contributed by atoms with Crippen molar-refractivity contribution in [2.75, 3.05) is 0 Å². The summed E-state index contributed by atoms with van der Waals surface area (Å²) < 4.78 is 1.80. The lowest BCUT2D eigenvalue weighted by Gasteiger charge is -2.08. The van der Waals surface area contributed by atoms with Gasteiger partial charge in [0.25, 0.3) is 0 Å². The number of rotatable bonds is 3. The average Bonchev–Trinajstić information content (AvgIpc) is 2.81. The molecule has 0 radical (unpaired) electrons. The Morgan fingerprint density at radius 3 is 2.44 bits per heavy atom. The fourth-order valence-electron chi connectivity index (χ4n) is 1.60. The highest BCUT2D eigenvalue weighted by Crippen LogP contribution is 2.25. The summed E-state index contributed by atoms with van der Waals surface area (Å²) in [6, 6.07) is 8.29. The second kappa shape index (κ2) is 4.62. The van der Waals surface area contributed by atoms with Gasteiger partial charge in [0, 0.05) is 12.4 Å². The lowest BCUT2D eigenvalue weighted by molar-refractivity contribution is 0.0697. The molecule has 0 atom stereocenters. The second-order valence-corrected chi connectivity index (χ2v) is 3.64. The van der Waals surface area contributed by atoms with Crippen LogP contribution in [0.25, 0.3) is 5.69 Å². The number of aromatic nitrogens is 1. The van der Waals surface area contributed by atoms with Gasteiger partial charge in [0.2, 0.25) is 0 Å². The highest BCUT2D eigenvalue weighted by Gasteiger charge is 2.09. The van der Waals surface area contributed by atoms with Gasteiger partial charge >= 0.3 is 5.97 Å². The maximum absolute atomic E-state index is 10.9. The van der Waals surface area contributed by atoms with Crippen molar-refractivity contribution in [1.82, 2.24) is 4.57 Å². The molecule has 18 heavy (non-hydrogen) atoms. The van der Waals surface area contributed by atoms with Crippen LogP contribution in [0.5, 0.6) is 0 Å². The Morgan fingerprint density at radius 2 is 1.89 bits per heavy atom. The number of aromatic carboxylic acids is 1. The molecule has 92 valence electrons. The monoisotopic (exact) mass is 244 g/mol. The second-order valence-electron chi connectivity index (χ2n) is 3.64. The number of benzene rings is 1. The predicted octanol–water partition coefficient (Wildman–Crippen LogP) is 1.08. The van der Waals surface area contributed by atoms with Gasteiger partial charge in [-0.2, -0.15) is 0 Å². The summed E-state index contributed by atoms with van der Waals surface area (Å²) in [5, 5.41) is 8.95. The van der Waals surface area contributed by atoms with Crippen LogP contribution < -0.4 is 11.5 Å². The van der Waals surface area contributed by atoms with Gasteiger partial charge in [0.05, 0.1) is 16.9 Å². The molecular weight excluding hydrogens is 232 g/mol. The van der Waals surface area contributed by atoms with Gasteiger partial charge in [-0.3, -0.25) is 0 Å². The van der Waals surface area contributed by atoms with Crippen LogP contribution in [0.15, 0.2) is 47.7 Å². The summed E-state index contributed by atoms with van der Waals surface area (Å²) >= 11 is 0. The molecule has 2 aromatic rings. The van der Waals surface area contributed by atoms with Gasteiger partial charge in [-0.05, 0) is 30.3 Å². The van der Waals surface area contributed by atoms with Crippen molar-refractivity contribution in [3.05, 3.63) is 48.3 Å². The fourth-order valence-corrected chi connectivity index (χ4v) is 1.60.